The van der Waals surface area contributed by atoms with Crippen molar-refractivity contribution in [3.05, 3.63) is 35.5 Å². The summed E-state index contributed by atoms with van der Waals surface area (Å²) < 4.78 is 0. The second-order valence-corrected chi connectivity index (χ2v) is 8.39. The van der Waals surface area contributed by atoms with Crippen molar-refractivity contribution in [2.45, 2.75) is 52.9 Å². The molecule has 3 fully saturated rings. The van der Waals surface area contributed by atoms with Gasteiger partial charge in [-0.2, -0.15) is 0 Å². The third-order valence-electron chi connectivity index (χ3n) is 7.53. The molecule has 0 heterocycles. The fraction of sp³-hybridized carbons (Fsp3) is 0.619. The normalized spacial score (nSPS) is 47.2. The summed E-state index contributed by atoms with van der Waals surface area (Å²) in [5, 5.41) is 0. The first-order valence-electron chi connectivity index (χ1n) is 9.04. The lowest BCUT2D eigenvalue weighted by atomic mass is 9.47. The minimum atomic E-state index is -0.0915. The third kappa shape index (κ3) is 1.87. The maximum Gasteiger partial charge on any atom is 0.178 e. The van der Waals surface area contributed by atoms with E-state index < -0.39 is 0 Å². The van der Waals surface area contributed by atoms with Crippen molar-refractivity contribution in [2.24, 2.45) is 28.6 Å². The molecule has 4 aliphatic carbocycles. The summed E-state index contributed by atoms with van der Waals surface area (Å²) in [7, 11) is 0. The van der Waals surface area contributed by atoms with E-state index in [-0.39, 0.29) is 16.6 Å². The molecular weight excluding hydrogens is 284 g/mol. The highest BCUT2D eigenvalue weighted by atomic mass is 16.1. The zero-order valence-electron chi connectivity index (χ0n) is 14.4. The van der Waals surface area contributed by atoms with Gasteiger partial charge in [-0.1, -0.05) is 26.0 Å². The zero-order valence-corrected chi connectivity index (χ0v) is 14.4. The largest absolute Gasteiger partial charge is 0.299 e. The highest BCUT2D eigenvalue weighted by molar-refractivity contribution is 6.02. The second-order valence-electron chi connectivity index (χ2n) is 8.39. The first-order valence-corrected chi connectivity index (χ1v) is 9.04. The molecular formula is C21H26O2. The van der Waals surface area contributed by atoms with Crippen LogP contribution in [0.4, 0.5) is 0 Å². The lowest BCUT2D eigenvalue weighted by molar-refractivity contribution is -0.131. The SMILES string of the molecule is C/C=C1\C[C@@H]2[C@H](CC[C@]3(C)C(=O)CC[C@@H]23)[C@@]2(C)C=CC(=O)C=C12. The molecule has 0 aromatic heterocycles. The summed E-state index contributed by atoms with van der Waals surface area (Å²) >= 11 is 0. The van der Waals surface area contributed by atoms with Crippen LogP contribution in [0.1, 0.15) is 52.9 Å². The summed E-state index contributed by atoms with van der Waals surface area (Å²) in [4.78, 5) is 24.4. The summed E-state index contributed by atoms with van der Waals surface area (Å²) in [5.74, 6) is 2.26. The molecule has 0 radical (unpaired) electrons. The first-order chi connectivity index (χ1) is 10.9. The minimum Gasteiger partial charge on any atom is -0.299 e. The third-order valence-corrected chi connectivity index (χ3v) is 7.53. The Morgan fingerprint density at radius 2 is 1.96 bits per heavy atom. The molecule has 0 aromatic carbocycles. The van der Waals surface area contributed by atoms with Crippen LogP contribution in [0.25, 0.3) is 0 Å². The molecule has 2 nitrogen and oxygen atoms in total. The van der Waals surface area contributed by atoms with Gasteiger partial charge in [0.2, 0.25) is 0 Å². The number of carbonyl (C=O) groups is 2. The molecule has 0 spiro atoms. The zero-order chi connectivity index (χ0) is 16.4. The van der Waals surface area contributed by atoms with E-state index >= 15 is 0 Å². The predicted molar refractivity (Wildman–Crippen MR) is 90.8 cm³/mol. The Bertz CT molecular complexity index is 680. The minimum absolute atomic E-state index is 0.0361. The number of allylic oxidation sites excluding steroid dienone is 6. The van der Waals surface area contributed by atoms with Crippen molar-refractivity contribution < 1.29 is 9.59 Å². The van der Waals surface area contributed by atoms with Crippen LogP contribution < -0.4 is 0 Å². The first kappa shape index (κ1) is 15.1. The van der Waals surface area contributed by atoms with Crippen LogP contribution >= 0.6 is 0 Å². The number of hydrogen-bond donors (Lipinski definition) is 0. The van der Waals surface area contributed by atoms with E-state index in [4.69, 9.17) is 0 Å². The van der Waals surface area contributed by atoms with Crippen molar-refractivity contribution in [3.8, 4) is 0 Å². The van der Waals surface area contributed by atoms with Crippen molar-refractivity contribution >= 4 is 11.6 Å². The lowest BCUT2D eigenvalue weighted by Gasteiger charge is -2.56. The van der Waals surface area contributed by atoms with Crippen LogP contribution in [0, 0.1) is 28.6 Å². The smallest absolute Gasteiger partial charge is 0.178 e. The Morgan fingerprint density at radius 1 is 1.17 bits per heavy atom. The Labute approximate surface area is 138 Å². The molecule has 0 unspecified atom stereocenters. The molecule has 0 bridgehead atoms. The topological polar surface area (TPSA) is 34.1 Å². The van der Waals surface area contributed by atoms with Crippen LogP contribution in [0.2, 0.25) is 0 Å². The van der Waals surface area contributed by atoms with Gasteiger partial charge in [-0.15, -0.1) is 0 Å². The average molecular weight is 310 g/mol. The molecule has 0 N–H and O–H groups in total. The summed E-state index contributed by atoms with van der Waals surface area (Å²) in [6.07, 6.45) is 13.0. The Balaban J connectivity index is 1.80. The molecule has 4 aliphatic rings. The quantitative estimate of drug-likeness (QED) is 0.663. The van der Waals surface area contributed by atoms with Gasteiger partial charge < -0.3 is 0 Å². The molecule has 2 heteroatoms. The molecule has 0 saturated heterocycles. The van der Waals surface area contributed by atoms with E-state index in [1.54, 1.807) is 6.08 Å². The highest BCUT2D eigenvalue weighted by Gasteiger charge is 2.59. The molecule has 0 amide bonds. The van der Waals surface area contributed by atoms with Crippen molar-refractivity contribution in [3.63, 3.8) is 0 Å². The number of hydrogen-bond acceptors (Lipinski definition) is 2. The summed E-state index contributed by atoms with van der Waals surface area (Å²) in [6, 6.07) is 0. The number of Topliss-reactive ketones (excluding diaryl/α,β-unsaturated/α-hetero) is 1. The lowest BCUT2D eigenvalue weighted by Crippen LogP contribution is -2.50. The van der Waals surface area contributed by atoms with Gasteiger partial charge in [0, 0.05) is 17.3 Å². The van der Waals surface area contributed by atoms with E-state index in [0.29, 0.717) is 23.5 Å². The molecule has 23 heavy (non-hydrogen) atoms. The van der Waals surface area contributed by atoms with E-state index in [1.807, 2.05) is 6.08 Å². The van der Waals surface area contributed by atoms with E-state index in [2.05, 4.69) is 32.9 Å². The van der Waals surface area contributed by atoms with Crippen molar-refractivity contribution in [2.75, 3.05) is 0 Å². The molecule has 122 valence electrons. The van der Waals surface area contributed by atoms with E-state index in [1.165, 1.54) is 11.1 Å². The van der Waals surface area contributed by atoms with Crippen LogP contribution in [-0.4, -0.2) is 11.6 Å². The molecule has 0 aliphatic heterocycles. The van der Waals surface area contributed by atoms with Crippen molar-refractivity contribution in [1.29, 1.82) is 0 Å². The molecule has 5 atom stereocenters. The van der Waals surface area contributed by atoms with Gasteiger partial charge in [0.05, 0.1) is 0 Å². The van der Waals surface area contributed by atoms with Gasteiger partial charge in [-0.05, 0) is 73.7 Å². The van der Waals surface area contributed by atoms with Crippen LogP contribution in [0.15, 0.2) is 35.5 Å². The van der Waals surface area contributed by atoms with E-state index in [9.17, 15) is 9.59 Å². The predicted octanol–water partition coefficient (Wildman–Crippen LogP) is 4.42. The van der Waals surface area contributed by atoms with Crippen LogP contribution in [0.3, 0.4) is 0 Å². The number of ketones is 2. The van der Waals surface area contributed by atoms with Gasteiger partial charge in [-0.25, -0.2) is 0 Å². The van der Waals surface area contributed by atoms with Gasteiger partial charge in [0.1, 0.15) is 5.78 Å². The molecule has 4 rings (SSSR count). The Kier molecular flexibility index (Phi) is 3.14. The average Bonchev–Trinajstić information content (AvgIpc) is 2.83. The maximum absolute atomic E-state index is 12.5. The molecule has 0 aromatic rings. The standard InChI is InChI=1S/C21H26O2/c1-4-13-11-15-16-5-6-19(23)21(16,3)10-8-17(15)20(2)9-7-14(22)12-18(13)20/h4,7,9,12,15-17H,5-6,8,10-11H2,1-3H3/b13-4+/t15-,16-,17-,20+,21-/m0/s1. The second kappa shape index (κ2) is 4.78. The highest BCUT2D eigenvalue weighted by Crippen LogP contribution is 2.64. The Morgan fingerprint density at radius 3 is 2.70 bits per heavy atom. The monoisotopic (exact) mass is 310 g/mol. The summed E-state index contributed by atoms with van der Waals surface area (Å²) in [6.45, 7) is 6.61. The number of rotatable bonds is 0. The van der Waals surface area contributed by atoms with Gasteiger partial charge in [0.25, 0.3) is 0 Å². The number of carbonyl (C=O) groups excluding carboxylic acids is 2. The van der Waals surface area contributed by atoms with Crippen LogP contribution in [-0.2, 0) is 9.59 Å². The van der Waals surface area contributed by atoms with Crippen LogP contribution in [0.5, 0.6) is 0 Å². The number of fused-ring (bicyclic) bond motifs is 5. The van der Waals surface area contributed by atoms with Gasteiger partial charge >= 0.3 is 0 Å². The van der Waals surface area contributed by atoms with E-state index in [0.717, 1.165) is 32.1 Å². The fourth-order valence-electron chi connectivity index (χ4n) is 6.18. The van der Waals surface area contributed by atoms with Gasteiger partial charge in [0.15, 0.2) is 5.78 Å². The maximum atomic E-state index is 12.5. The van der Waals surface area contributed by atoms with Crippen molar-refractivity contribution in [1.82, 2.24) is 0 Å². The fourth-order valence-corrected chi connectivity index (χ4v) is 6.18. The van der Waals surface area contributed by atoms with Gasteiger partial charge in [-0.3, -0.25) is 9.59 Å². The molecule has 3 saturated carbocycles. The Hall–Kier alpha value is -1.44. The summed E-state index contributed by atoms with van der Waals surface area (Å²) in [5.41, 5.74) is 2.44.